The summed E-state index contributed by atoms with van der Waals surface area (Å²) in [5.41, 5.74) is 0.549. The Balaban J connectivity index is 1.66. The molecule has 1 aromatic heterocycles. The lowest BCUT2D eigenvalue weighted by molar-refractivity contribution is -0.117. The lowest BCUT2D eigenvalue weighted by Crippen LogP contribution is -2.45. The standard InChI is InChI=1S/C18H21BrN4O3S/c19-15-3-1-2-14(12-15)17(25)23(6-5-22-7-9-26-10-8-22)13-16(24)21-18-20-4-11-27-18/h1-4,11-12H,5-10,13H2,(H,20,21,24). The van der Waals surface area contributed by atoms with Crippen LogP contribution in [0.2, 0.25) is 0 Å². The average Bonchev–Trinajstić information content (AvgIpc) is 3.18. The number of nitrogens with one attached hydrogen (secondary N) is 1. The Morgan fingerprint density at radius 1 is 1.33 bits per heavy atom. The van der Waals surface area contributed by atoms with Crippen molar-refractivity contribution in [3.05, 3.63) is 45.9 Å². The van der Waals surface area contributed by atoms with Gasteiger partial charge in [0, 0.05) is 47.8 Å². The molecule has 0 spiro atoms. The minimum atomic E-state index is -0.254. The van der Waals surface area contributed by atoms with Crippen LogP contribution in [0.15, 0.2) is 40.3 Å². The Labute approximate surface area is 170 Å². The number of carbonyl (C=O) groups excluding carboxylic acids is 2. The van der Waals surface area contributed by atoms with E-state index in [0.717, 1.165) is 17.6 Å². The predicted octanol–water partition coefficient (Wildman–Crippen LogP) is 2.32. The SMILES string of the molecule is O=C(CN(CCN1CCOCC1)C(=O)c1cccc(Br)c1)Nc1nccs1. The van der Waals surface area contributed by atoms with E-state index in [1.54, 1.807) is 28.6 Å². The van der Waals surface area contributed by atoms with Gasteiger partial charge < -0.3 is 15.0 Å². The maximum Gasteiger partial charge on any atom is 0.254 e. The third-order valence-corrected chi connectivity index (χ3v) is 5.34. The summed E-state index contributed by atoms with van der Waals surface area (Å²) in [4.78, 5) is 33.2. The van der Waals surface area contributed by atoms with Gasteiger partial charge in [-0.3, -0.25) is 14.5 Å². The molecule has 0 radical (unpaired) electrons. The van der Waals surface area contributed by atoms with Crippen molar-refractivity contribution in [1.29, 1.82) is 0 Å². The zero-order valence-corrected chi connectivity index (χ0v) is 17.2. The summed E-state index contributed by atoms with van der Waals surface area (Å²) in [5, 5.41) is 5.06. The van der Waals surface area contributed by atoms with E-state index in [0.29, 0.717) is 37.0 Å². The predicted molar refractivity (Wildman–Crippen MR) is 108 cm³/mol. The Morgan fingerprint density at radius 2 is 2.15 bits per heavy atom. The molecule has 0 saturated carbocycles. The zero-order valence-electron chi connectivity index (χ0n) is 14.8. The first-order chi connectivity index (χ1) is 13.1. The number of benzene rings is 1. The topological polar surface area (TPSA) is 74.8 Å². The molecule has 7 nitrogen and oxygen atoms in total. The Hall–Kier alpha value is -1.81. The second kappa shape index (κ2) is 9.93. The molecule has 3 rings (SSSR count). The second-order valence-corrected chi connectivity index (χ2v) is 7.89. The summed E-state index contributed by atoms with van der Waals surface area (Å²) in [5.74, 6) is -0.422. The van der Waals surface area contributed by atoms with Crippen LogP contribution in [-0.4, -0.2) is 72.5 Å². The van der Waals surface area contributed by atoms with Crippen molar-refractivity contribution in [3.63, 3.8) is 0 Å². The summed E-state index contributed by atoms with van der Waals surface area (Å²) in [6.07, 6.45) is 1.63. The van der Waals surface area contributed by atoms with Crippen LogP contribution in [0.1, 0.15) is 10.4 Å². The third kappa shape index (κ3) is 6.10. The molecular weight excluding hydrogens is 432 g/mol. The number of rotatable bonds is 7. The molecule has 2 aromatic rings. The highest BCUT2D eigenvalue weighted by atomic mass is 79.9. The molecule has 1 saturated heterocycles. The summed E-state index contributed by atoms with van der Waals surface area (Å²) in [6.45, 7) is 4.22. The first-order valence-corrected chi connectivity index (χ1v) is 10.3. The molecule has 1 aliphatic rings. The minimum Gasteiger partial charge on any atom is -0.379 e. The van der Waals surface area contributed by atoms with Gasteiger partial charge in [-0.05, 0) is 18.2 Å². The number of hydrogen-bond donors (Lipinski definition) is 1. The van der Waals surface area contributed by atoms with Gasteiger partial charge in [-0.25, -0.2) is 4.98 Å². The number of carbonyl (C=O) groups is 2. The van der Waals surface area contributed by atoms with E-state index in [4.69, 9.17) is 4.74 Å². The number of anilines is 1. The highest BCUT2D eigenvalue weighted by Crippen LogP contribution is 2.15. The molecule has 0 aliphatic carbocycles. The number of morpholine rings is 1. The van der Waals surface area contributed by atoms with Gasteiger partial charge in [-0.2, -0.15) is 0 Å². The van der Waals surface area contributed by atoms with Crippen molar-refractivity contribution in [2.24, 2.45) is 0 Å². The molecule has 1 aliphatic heterocycles. The number of thiazole rings is 1. The summed E-state index contributed by atoms with van der Waals surface area (Å²) in [6, 6.07) is 7.20. The van der Waals surface area contributed by atoms with Gasteiger partial charge in [0.15, 0.2) is 5.13 Å². The van der Waals surface area contributed by atoms with Crippen molar-refractivity contribution in [1.82, 2.24) is 14.8 Å². The Morgan fingerprint density at radius 3 is 2.85 bits per heavy atom. The van der Waals surface area contributed by atoms with Crippen LogP contribution in [0.5, 0.6) is 0 Å². The zero-order chi connectivity index (χ0) is 19.1. The van der Waals surface area contributed by atoms with E-state index in [1.165, 1.54) is 11.3 Å². The van der Waals surface area contributed by atoms with Gasteiger partial charge in [0.2, 0.25) is 5.91 Å². The molecule has 1 fully saturated rings. The van der Waals surface area contributed by atoms with Gasteiger partial charge in [-0.1, -0.05) is 22.0 Å². The van der Waals surface area contributed by atoms with Gasteiger partial charge in [0.05, 0.1) is 13.2 Å². The smallest absolute Gasteiger partial charge is 0.254 e. The van der Waals surface area contributed by atoms with Crippen molar-refractivity contribution in [2.75, 3.05) is 51.3 Å². The van der Waals surface area contributed by atoms with Crippen molar-refractivity contribution in [2.45, 2.75) is 0 Å². The van der Waals surface area contributed by atoms with E-state index < -0.39 is 0 Å². The van der Waals surface area contributed by atoms with Crippen molar-refractivity contribution < 1.29 is 14.3 Å². The van der Waals surface area contributed by atoms with Crippen LogP contribution < -0.4 is 5.32 Å². The summed E-state index contributed by atoms with van der Waals surface area (Å²) >= 11 is 4.74. The largest absolute Gasteiger partial charge is 0.379 e. The molecule has 2 amide bonds. The quantitative estimate of drug-likeness (QED) is 0.697. The molecule has 1 N–H and O–H groups in total. The normalized spacial score (nSPS) is 14.7. The first kappa shape index (κ1) is 19.9. The van der Waals surface area contributed by atoms with Crippen LogP contribution in [0, 0.1) is 0 Å². The molecule has 144 valence electrons. The molecular formula is C18H21BrN4O3S. The first-order valence-electron chi connectivity index (χ1n) is 8.66. The molecule has 0 unspecified atom stereocenters. The van der Waals surface area contributed by atoms with Crippen molar-refractivity contribution in [3.8, 4) is 0 Å². The van der Waals surface area contributed by atoms with E-state index in [9.17, 15) is 9.59 Å². The fourth-order valence-corrected chi connectivity index (χ4v) is 3.71. The summed E-state index contributed by atoms with van der Waals surface area (Å²) in [7, 11) is 0. The number of nitrogens with zero attached hydrogens (tertiary/aromatic N) is 3. The van der Waals surface area contributed by atoms with Gasteiger partial charge in [0.1, 0.15) is 6.54 Å². The lowest BCUT2D eigenvalue weighted by atomic mass is 10.2. The maximum atomic E-state index is 13.0. The molecule has 27 heavy (non-hydrogen) atoms. The van der Waals surface area contributed by atoms with Gasteiger partial charge in [-0.15, -0.1) is 11.3 Å². The number of aromatic nitrogens is 1. The molecule has 0 atom stereocenters. The van der Waals surface area contributed by atoms with Crippen LogP contribution in [0.25, 0.3) is 0 Å². The molecule has 9 heteroatoms. The molecule has 1 aromatic carbocycles. The lowest BCUT2D eigenvalue weighted by Gasteiger charge is -2.30. The Kier molecular flexibility index (Phi) is 7.33. The van der Waals surface area contributed by atoms with Crippen LogP contribution >= 0.6 is 27.3 Å². The van der Waals surface area contributed by atoms with Crippen LogP contribution in [0.4, 0.5) is 5.13 Å². The third-order valence-electron chi connectivity index (χ3n) is 4.16. The monoisotopic (exact) mass is 452 g/mol. The van der Waals surface area contributed by atoms with Gasteiger partial charge in [0.25, 0.3) is 5.91 Å². The number of halogens is 1. The van der Waals surface area contributed by atoms with Crippen LogP contribution in [-0.2, 0) is 9.53 Å². The fraction of sp³-hybridized carbons (Fsp3) is 0.389. The van der Waals surface area contributed by atoms with Crippen LogP contribution in [0.3, 0.4) is 0 Å². The summed E-state index contributed by atoms with van der Waals surface area (Å²) < 4.78 is 6.19. The van der Waals surface area contributed by atoms with Gasteiger partial charge >= 0.3 is 0 Å². The maximum absolute atomic E-state index is 13.0. The second-order valence-electron chi connectivity index (χ2n) is 6.08. The average molecular weight is 453 g/mol. The number of ether oxygens (including phenoxy) is 1. The fourth-order valence-electron chi connectivity index (χ4n) is 2.76. The highest BCUT2D eigenvalue weighted by molar-refractivity contribution is 9.10. The van der Waals surface area contributed by atoms with E-state index in [-0.39, 0.29) is 18.4 Å². The molecule has 0 bridgehead atoms. The highest BCUT2D eigenvalue weighted by Gasteiger charge is 2.21. The Bertz CT molecular complexity index is 766. The number of amides is 2. The van der Waals surface area contributed by atoms with E-state index in [1.807, 2.05) is 12.1 Å². The van der Waals surface area contributed by atoms with E-state index >= 15 is 0 Å². The molecule has 2 heterocycles. The minimum absolute atomic E-state index is 0.0186. The van der Waals surface area contributed by atoms with Crippen molar-refractivity contribution >= 4 is 44.2 Å². The van der Waals surface area contributed by atoms with E-state index in [2.05, 4.69) is 31.1 Å². The number of hydrogen-bond acceptors (Lipinski definition) is 6.